The number of aromatic nitrogens is 2. The Labute approximate surface area is 241 Å². The zero-order valence-corrected chi connectivity index (χ0v) is 24.4. The van der Waals surface area contributed by atoms with Gasteiger partial charge in [-0.2, -0.15) is 4.98 Å². The van der Waals surface area contributed by atoms with Crippen molar-refractivity contribution in [3.63, 3.8) is 0 Å². The summed E-state index contributed by atoms with van der Waals surface area (Å²) in [5, 5.41) is 6.55. The number of carbonyl (C=O) groups is 2. The van der Waals surface area contributed by atoms with Gasteiger partial charge in [0.2, 0.25) is 5.91 Å². The van der Waals surface area contributed by atoms with E-state index >= 15 is 0 Å². The fraction of sp³-hybridized carbons (Fsp3) is 0.600. The molecular formula is C30H44N8O3. The zero-order chi connectivity index (χ0) is 29.3. The lowest BCUT2D eigenvalue weighted by Crippen LogP contribution is -2.58. The molecule has 11 nitrogen and oxygen atoms in total. The maximum absolute atomic E-state index is 12.8. The van der Waals surface area contributed by atoms with Crippen LogP contribution in [0.4, 0.5) is 10.6 Å². The standard InChI is InChI=1S/C30H44N8O3/c1-19(33-25-17-23(18-31)21-15-22(25)16-21)14-20-4-6-24(7-5-20)38-9-8-26(35-29(38)41)34-28(40)37-12-10-36(11-13-37)27(39)30(2,3)32/h4-9,19,21-23,25,33H,10-18,31-32H2,1-3H3,(H,34,35,40,41)/t19?,21?,22?,23-,25?/m1/s1. The molecule has 6 rings (SSSR count). The highest BCUT2D eigenvalue weighted by molar-refractivity contribution is 5.89. The van der Waals surface area contributed by atoms with E-state index < -0.39 is 11.2 Å². The third kappa shape index (κ3) is 6.63. The number of hydrogen-bond donors (Lipinski definition) is 4. The second-order valence-corrected chi connectivity index (χ2v) is 12.7. The van der Waals surface area contributed by atoms with Gasteiger partial charge in [-0.25, -0.2) is 9.59 Å². The Morgan fingerprint density at radius 3 is 2.29 bits per heavy atom. The van der Waals surface area contributed by atoms with E-state index in [2.05, 4.69) is 34.7 Å². The van der Waals surface area contributed by atoms with Crippen molar-refractivity contribution < 1.29 is 9.59 Å². The third-order valence-corrected chi connectivity index (χ3v) is 9.01. The molecule has 0 spiro atoms. The molecule has 0 radical (unpaired) electrons. The summed E-state index contributed by atoms with van der Waals surface area (Å²) in [6.45, 7) is 7.94. The second kappa shape index (κ2) is 11.9. The molecule has 222 valence electrons. The molecule has 41 heavy (non-hydrogen) atoms. The fourth-order valence-corrected chi connectivity index (χ4v) is 6.57. The maximum atomic E-state index is 12.8. The first kappa shape index (κ1) is 29.2. The van der Waals surface area contributed by atoms with Crippen LogP contribution in [0.15, 0.2) is 41.3 Å². The number of anilines is 1. The van der Waals surface area contributed by atoms with Crippen molar-refractivity contribution in [3.8, 4) is 5.69 Å². The predicted molar refractivity (Wildman–Crippen MR) is 159 cm³/mol. The molecule has 2 aromatic rings. The van der Waals surface area contributed by atoms with Crippen LogP contribution in [0.1, 0.15) is 45.6 Å². The Morgan fingerprint density at radius 2 is 1.68 bits per heavy atom. The average molecular weight is 565 g/mol. The highest BCUT2D eigenvalue weighted by Crippen LogP contribution is 2.48. The Bertz CT molecular complexity index is 1290. The maximum Gasteiger partial charge on any atom is 0.354 e. The van der Waals surface area contributed by atoms with Crippen LogP contribution in [-0.2, 0) is 11.2 Å². The van der Waals surface area contributed by atoms with E-state index in [1.807, 2.05) is 12.1 Å². The number of amides is 3. The highest BCUT2D eigenvalue weighted by atomic mass is 16.2. The summed E-state index contributed by atoms with van der Waals surface area (Å²) in [5.41, 5.74) is 12.4. The lowest BCUT2D eigenvalue weighted by molar-refractivity contribution is -0.137. The van der Waals surface area contributed by atoms with Gasteiger partial charge in [-0.15, -0.1) is 0 Å². The van der Waals surface area contributed by atoms with Gasteiger partial charge in [-0.1, -0.05) is 12.1 Å². The summed E-state index contributed by atoms with van der Waals surface area (Å²) in [4.78, 5) is 45.2. The molecule has 2 bridgehead atoms. The molecular weight excluding hydrogens is 520 g/mol. The van der Waals surface area contributed by atoms with Crippen molar-refractivity contribution in [2.75, 3.05) is 38.0 Å². The van der Waals surface area contributed by atoms with Crippen LogP contribution in [-0.4, -0.2) is 81.6 Å². The van der Waals surface area contributed by atoms with Gasteiger partial charge in [-0.3, -0.25) is 14.7 Å². The largest absolute Gasteiger partial charge is 0.354 e. The van der Waals surface area contributed by atoms with Crippen LogP contribution in [0.25, 0.3) is 5.69 Å². The van der Waals surface area contributed by atoms with Gasteiger partial charge in [-0.05, 0) is 94.5 Å². The zero-order valence-electron chi connectivity index (χ0n) is 24.4. The first-order chi connectivity index (χ1) is 19.5. The minimum absolute atomic E-state index is 0.140. The third-order valence-electron chi connectivity index (χ3n) is 9.01. The highest BCUT2D eigenvalue weighted by Gasteiger charge is 2.45. The molecule has 3 saturated carbocycles. The van der Waals surface area contributed by atoms with Gasteiger partial charge in [0.05, 0.1) is 11.2 Å². The number of rotatable bonds is 8. The Morgan fingerprint density at radius 1 is 1.02 bits per heavy atom. The lowest BCUT2D eigenvalue weighted by Gasteiger charge is -2.52. The van der Waals surface area contributed by atoms with Gasteiger partial charge < -0.3 is 26.6 Å². The van der Waals surface area contributed by atoms with Crippen molar-refractivity contribution in [2.24, 2.45) is 29.2 Å². The number of piperazine rings is 1. The average Bonchev–Trinajstić information content (AvgIpc) is 2.92. The topological polar surface area (TPSA) is 152 Å². The summed E-state index contributed by atoms with van der Waals surface area (Å²) in [5.74, 6) is 2.35. The Hall–Kier alpha value is -3.28. The molecule has 1 saturated heterocycles. The first-order valence-corrected chi connectivity index (χ1v) is 14.8. The summed E-state index contributed by atoms with van der Waals surface area (Å²) in [7, 11) is 0. The summed E-state index contributed by atoms with van der Waals surface area (Å²) >= 11 is 0. The van der Waals surface area contributed by atoms with Crippen LogP contribution >= 0.6 is 0 Å². The van der Waals surface area contributed by atoms with E-state index in [-0.39, 0.29) is 17.8 Å². The molecule has 1 aliphatic heterocycles. The predicted octanol–water partition coefficient (Wildman–Crippen LogP) is 1.54. The Kier molecular flexibility index (Phi) is 8.49. The molecule has 1 aromatic carbocycles. The molecule has 4 aliphatic rings. The van der Waals surface area contributed by atoms with Crippen LogP contribution in [0.3, 0.4) is 0 Å². The van der Waals surface area contributed by atoms with Gasteiger partial charge in [0.15, 0.2) is 0 Å². The van der Waals surface area contributed by atoms with E-state index in [1.165, 1.54) is 29.4 Å². The number of hydrogen-bond acceptors (Lipinski definition) is 7. The van der Waals surface area contributed by atoms with Gasteiger partial charge >= 0.3 is 11.7 Å². The molecule has 2 unspecified atom stereocenters. The molecule has 3 aliphatic carbocycles. The van der Waals surface area contributed by atoms with E-state index in [4.69, 9.17) is 11.5 Å². The molecule has 11 heteroatoms. The molecule has 6 N–H and O–H groups in total. The second-order valence-electron chi connectivity index (χ2n) is 12.7. The number of nitrogens with two attached hydrogens (primary N) is 2. The molecule has 1 aromatic heterocycles. The van der Waals surface area contributed by atoms with Crippen molar-refractivity contribution in [2.45, 2.75) is 64.1 Å². The SMILES string of the molecule is CC(Cc1ccc(-n2ccc(NC(=O)N3CCN(C(=O)C(C)(C)N)CC3)nc2=O)cc1)NC1C[C@H](CN)C2CC1C2. The van der Waals surface area contributed by atoms with E-state index in [0.717, 1.165) is 24.8 Å². The molecule has 4 fully saturated rings. The summed E-state index contributed by atoms with van der Waals surface area (Å²) in [6, 6.07) is 10.1. The summed E-state index contributed by atoms with van der Waals surface area (Å²) < 4.78 is 1.46. The fourth-order valence-electron chi connectivity index (χ4n) is 6.57. The molecule has 2 heterocycles. The van der Waals surface area contributed by atoms with Crippen molar-refractivity contribution in [1.29, 1.82) is 0 Å². The quantitative estimate of drug-likeness (QED) is 0.380. The van der Waals surface area contributed by atoms with Crippen molar-refractivity contribution in [1.82, 2.24) is 24.7 Å². The smallest absolute Gasteiger partial charge is 0.338 e. The number of urea groups is 1. The molecule has 3 atom stereocenters. The molecule has 3 amide bonds. The van der Waals surface area contributed by atoms with Gasteiger partial charge in [0.1, 0.15) is 5.82 Å². The van der Waals surface area contributed by atoms with Crippen LogP contribution < -0.4 is 27.8 Å². The monoisotopic (exact) mass is 564 g/mol. The Balaban J connectivity index is 1.13. The van der Waals surface area contributed by atoms with Crippen LogP contribution in [0.2, 0.25) is 0 Å². The van der Waals surface area contributed by atoms with Crippen molar-refractivity contribution >= 4 is 17.8 Å². The number of carbonyl (C=O) groups excluding carboxylic acids is 2. The first-order valence-electron chi connectivity index (χ1n) is 14.8. The van der Waals surface area contributed by atoms with Crippen molar-refractivity contribution in [3.05, 3.63) is 52.6 Å². The van der Waals surface area contributed by atoms with Gasteiger partial charge in [0.25, 0.3) is 0 Å². The minimum atomic E-state index is -0.946. The van der Waals surface area contributed by atoms with E-state index in [0.29, 0.717) is 49.9 Å². The number of nitrogens with one attached hydrogen (secondary N) is 2. The van der Waals surface area contributed by atoms with Crippen LogP contribution in [0.5, 0.6) is 0 Å². The number of fused-ring (bicyclic) bond motifs is 2. The normalized spacial score (nSPS) is 24.9. The number of nitrogens with zero attached hydrogens (tertiary/aromatic N) is 4. The van der Waals surface area contributed by atoms with Crippen LogP contribution in [0, 0.1) is 17.8 Å². The van der Waals surface area contributed by atoms with Gasteiger partial charge in [0, 0.05) is 44.5 Å². The summed E-state index contributed by atoms with van der Waals surface area (Å²) in [6.07, 6.45) is 6.35. The number of benzene rings is 1. The lowest BCUT2D eigenvalue weighted by atomic mass is 9.57. The van der Waals surface area contributed by atoms with E-state index in [1.54, 1.807) is 35.9 Å². The minimum Gasteiger partial charge on any atom is -0.338 e. The van der Waals surface area contributed by atoms with E-state index in [9.17, 15) is 14.4 Å².